The highest BCUT2D eigenvalue weighted by Crippen LogP contribution is 2.22. The molecule has 0 saturated heterocycles. The molecule has 0 aliphatic heterocycles. The van der Waals surface area contributed by atoms with Gasteiger partial charge in [0.15, 0.2) is 9.84 Å². The van der Waals surface area contributed by atoms with Crippen molar-refractivity contribution in [2.24, 2.45) is 11.7 Å². The Labute approximate surface area is 120 Å². The van der Waals surface area contributed by atoms with E-state index in [0.717, 1.165) is 0 Å². The summed E-state index contributed by atoms with van der Waals surface area (Å²) in [6, 6.07) is 5.72. The molecule has 0 aliphatic carbocycles. The molecule has 0 aliphatic rings. The van der Waals surface area contributed by atoms with Gasteiger partial charge in [0.1, 0.15) is 0 Å². The Morgan fingerprint density at radius 2 is 1.90 bits per heavy atom. The zero-order valence-electron chi connectivity index (χ0n) is 12.1. The fourth-order valence-corrected chi connectivity index (χ4v) is 2.89. The smallest absolute Gasteiger partial charge is 0.241 e. The standard InChI is InChI=1S/C14H22N2O3S/c1-4-20(18,19)13-8-6-5-7-12(13)16-14(17)11(15)9-10(2)3/h5-8,10-11H,4,9,15H2,1-3H3,(H,16,17). The first-order chi connectivity index (χ1) is 9.27. The van der Waals surface area contributed by atoms with E-state index in [-0.39, 0.29) is 16.6 Å². The zero-order chi connectivity index (χ0) is 15.3. The van der Waals surface area contributed by atoms with Crippen molar-refractivity contribution in [1.29, 1.82) is 0 Å². The van der Waals surface area contributed by atoms with E-state index in [1.165, 1.54) is 6.07 Å². The van der Waals surface area contributed by atoms with Crippen LogP contribution in [0.2, 0.25) is 0 Å². The molecule has 0 aromatic heterocycles. The Morgan fingerprint density at radius 3 is 2.45 bits per heavy atom. The minimum atomic E-state index is -3.38. The molecule has 0 saturated carbocycles. The Morgan fingerprint density at radius 1 is 1.30 bits per heavy atom. The van der Waals surface area contributed by atoms with Crippen LogP contribution in [0.3, 0.4) is 0 Å². The number of hydrogen-bond acceptors (Lipinski definition) is 4. The van der Waals surface area contributed by atoms with Crippen molar-refractivity contribution in [3.05, 3.63) is 24.3 Å². The summed E-state index contributed by atoms with van der Waals surface area (Å²) >= 11 is 0. The van der Waals surface area contributed by atoms with Gasteiger partial charge in [0, 0.05) is 0 Å². The summed E-state index contributed by atoms with van der Waals surface area (Å²) < 4.78 is 23.9. The Hall–Kier alpha value is -1.40. The predicted molar refractivity (Wildman–Crippen MR) is 80.2 cm³/mol. The summed E-state index contributed by atoms with van der Waals surface area (Å²) in [5.74, 6) is -0.0828. The van der Waals surface area contributed by atoms with Crippen molar-refractivity contribution in [1.82, 2.24) is 0 Å². The molecule has 0 spiro atoms. The summed E-state index contributed by atoms with van der Waals surface area (Å²) in [5, 5.41) is 2.61. The van der Waals surface area contributed by atoms with E-state index < -0.39 is 15.9 Å². The Bertz CT molecular complexity index is 568. The van der Waals surface area contributed by atoms with Crippen LogP contribution in [-0.4, -0.2) is 26.1 Å². The van der Waals surface area contributed by atoms with Crippen LogP contribution in [0.15, 0.2) is 29.2 Å². The largest absolute Gasteiger partial charge is 0.324 e. The number of rotatable bonds is 6. The number of benzene rings is 1. The maximum absolute atomic E-state index is 12.0. The highest BCUT2D eigenvalue weighted by Gasteiger charge is 2.20. The van der Waals surface area contributed by atoms with Gasteiger partial charge >= 0.3 is 0 Å². The second-order valence-electron chi connectivity index (χ2n) is 5.12. The lowest BCUT2D eigenvalue weighted by molar-refractivity contribution is -0.117. The molecule has 1 amide bonds. The molecule has 5 nitrogen and oxygen atoms in total. The van der Waals surface area contributed by atoms with E-state index in [9.17, 15) is 13.2 Å². The van der Waals surface area contributed by atoms with E-state index in [4.69, 9.17) is 5.73 Å². The number of carbonyl (C=O) groups excluding carboxylic acids is 1. The molecule has 0 heterocycles. The van der Waals surface area contributed by atoms with Crippen LogP contribution in [0, 0.1) is 5.92 Å². The molecule has 6 heteroatoms. The molecule has 1 rings (SSSR count). The fourth-order valence-electron chi connectivity index (χ4n) is 1.84. The normalized spacial score (nSPS) is 13.2. The van der Waals surface area contributed by atoms with E-state index in [0.29, 0.717) is 18.0 Å². The SMILES string of the molecule is CCS(=O)(=O)c1ccccc1NC(=O)C(N)CC(C)C. The van der Waals surface area contributed by atoms with Gasteiger partial charge in [-0.05, 0) is 24.5 Å². The average Bonchev–Trinajstić information content (AvgIpc) is 2.38. The topological polar surface area (TPSA) is 89.3 Å². The first-order valence-corrected chi connectivity index (χ1v) is 8.31. The van der Waals surface area contributed by atoms with Crippen LogP contribution in [0.5, 0.6) is 0 Å². The Balaban J connectivity index is 2.97. The second kappa shape index (κ2) is 6.85. The van der Waals surface area contributed by atoms with Crippen molar-refractivity contribution in [3.8, 4) is 0 Å². The number of amides is 1. The van der Waals surface area contributed by atoms with E-state index in [1.54, 1.807) is 25.1 Å². The molecule has 3 N–H and O–H groups in total. The van der Waals surface area contributed by atoms with Gasteiger partial charge in [-0.3, -0.25) is 4.79 Å². The highest BCUT2D eigenvalue weighted by molar-refractivity contribution is 7.91. The number of para-hydroxylation sites is 1. The lowest BCUT2D eigenvalue weighted by Crippen LogP contribution is -2.37. The third-order valence-electron chi connectivity index (χ3n) is 2.92. The first kappa shape index (κ1) is 16.7. The summed E-state index contributed by atoms with van der Waals surface area (Å²) in [5.41, 5.74) is 6.09. The first-order valence-electron chi connectivity index (χ1n) is 6.66. The summed E-state index contributed by atoms with van der Waals surface area (Å²) in [6.07, 6.45) is 0.550. The molecule has 1 aromatic carbocycles. The quantitative estimate of drug-likeness (QED) is 0.838. The molecule has 1 aromatic rings. The van der Waals surface area contributed by atoms with Crippen LogP contribution < -0.4 is 11.1 Å². The van der Waals surface area contributed by atoms with Gasteiger partial charge in [-0.25, -0.2) is 8.42 Å². The molecule has 20 heavy (non-hydrogen) atoms. The third kappa shape index (κ3) is 4.31. The number of nitrogens with one attached hydrogen (secondary N) is 1. The van der Waals surface area contributed by atoms with Crippen molar-refractivity contribution >= 4 is 21.4 Å². The minimum absolute atomic E-state index is 0.0159. The van der Waals surface area contributed by atoms with Crippen LogP contribution in [0.1, 0.15) is 27.2 Å². The number of sulfone groups is 1. The number of hydrogen-bond donors (Lipinski definition) is 2. The molecular weight excluding hydrogens is 276 g/mol. The molecule has 0 fully saturated rings. The lowest BCUT2D eigenvalue weighted by Gasteiger charge is -2.16. The van der Waals surface area contributed by atoms with Gasteiger partial charge in [-0.15, -0.1) is 0 Å². The predicted octanol–water partition coefficient (Wildman–Crippen LogP) is 1.79. The maximum atomic E-state index is 12.0. The van der Waals surface area contributed by atoms with Gasteiger partial charge in [0.05, 0.1) is 22.4 Å². The zero-order valence-corrected chi connectivity index (χ0v) is 12.9. The lowest BCUT2D eigenvalue weighted by atomic mass is 10.0. The molecule has 0 radical (unpaired) electrons. The van der Waals surface area contributed by atoms with Crippen molar-refractivity contribution in [3.63, 3.8) is 0 Å². The van der Waals surface area contributed by atoms with Gasteiger partial charge in [-0.2, -0.15) is 0 Å². The van der Waals surface area contributed by atoms with E-state index >= 15 is 0 Å². The average molecular weight is 298 g/mol. The van der Waals surface area contributed by atoms with E-state index in [1.807, 2.05) is 13.8 Å². The van der Waals surface area contributed by atoms with Crippen molar-refractivity contribution in [2.45, 2.75) is 38.1 Å². The third-order valence-corrected chi connectivity index (χ3v) is 4.71. The van der Waals surface area contributed by atoms with Crippen LogP contribution in [-0.2, 0) is 14.6 Å². The van der Waals surface area contributed by atoms with Crippen molar-refractivity contribution in [2.75, 3.05) is 11.1 Å². The van der Waals surface area contributed by atoms with Crippen LogP contribution >= 0.6 is 0 Å². The molecule has 1 atom stereocenters. The number of nitrogens with two attached hydrogens (primary N) is 1. The highest BCUT2D eigenvalue weighted by atomic mass is 32.2. The monoisotopic (exact) mass is 298 g/mol. The number of anilines is 1. The maximum Gasteiger partial charge on any atom is 0.241 e. The summed E-state index contributed by atoms with van der Waals surface area (Å²) in [7, 11) is -3.38. The summed E-state index contributed by atoms with van der Waals surface area (Å²) in [6.45, 7) is 5.52. The molecule has 1 unspecified atom stereocenters. The van der Waals surface area contributed by atoms with Gasteiger partial charge in [0.25, 0.3) is 0 Å². The minimum Gasteiger partial charge on any atom is -0.324 e. The Kier molecular flexibility index (Phi) is 5.71. The van der Waals surface area contributed by atoms with Gasteiger partial charge in [-0.1, -0.05) is 32.9 Å². The summed E-state index contributed by atoms with van der Waals surface area (Å²) in [4.78, 5) is 12.1. The van der Waals surface area contributed by atoms with Gasteiger partial charge in [0.2, 0.25) is 5.91 Å². The molecule has 0 bridgehead atoms. The second-order valence-corrected chi connectivity index (χ2v) is 7.37. The molecule has 112 valence electrons. The van der Waals surface area contributed by atoms with Gasteiger partial charge < -0.3 is 11.1 Å². The van der Waals surface area contributed by atoms with Crippen LogP contribution in [0.25, 0.3) is 0 Å². The van der Waals surface area contributed by atoms with E-state index in [2.05, 4.69) is 5.32 Å². The van der Waals surface area contributed by atoms with Crippen LogP contribution in [0.4, 0.5) is 5.69 Å². The number of carbonyl (C=O) groups is 1. The van der Waals surface area contributed by atoms with Crippen molar-refractivity contribution < 1.29 is 13.2 Å². The fraction of sp³-hybridized carbons (Fsp3) is 0.500. The molecular formula is C14H22N2O3S.